The maximum atomic E-state index is 9.95. The summed E-state index contributed by atoms with van der Waals surface area (Å²) in [6, 6.07) is 7.66. The number of hydrogen-bond donors (Lipinski definition) is 2. The van der Waals surface area contributed by atoms with E-state index in [1.165, 1.54) is 4.90 Å². The van der Waals surface area contributed by atoms with Crippen molar-refractivity contribution in [2.75, 3.05) is 39.5 Å². The molecule has 1 heterocycles. The van der Waals surface area contributed by atoms with Crippen LogP contribution in [0.4, 0.5) is 0 Å². The van der Waals surface area contributed by atoms with Crippen molar-refractivity contribution in [2.24, 2.45) is 0 Å². The van der Waals surface area contributed by atoms with Crippen LogP contribution < -0.4 is 9.64 Å². The largest absolute Gasteiger partial charge is 0.489 e. The molecule has 0 aliphatic carbocycles. The molecule has 100 valence electrons. The number of nitrogens with one attached hydrogen (secondary N) is 1. The van der Waals surface area contributed by atoms with Crippen LogP contribution in [0.5, 0.6) is 5.75 Å². The van der Waals surface area contributed by atoms with Gasteiger partial charge in [0.05, 0.1) is 17.7 Å². The second-order valence-corrected chi connectivity index (χ2v) is 5.32. The van der Waals surface area contributed by atoms with Crippen LogP contribution >= 0.6 is 15.9 Å². The Hall–Kier alpha value is -0.620. The summed E-state index contributed by atoms with van der Waals surface area (Å²) in [6.45, 7) is 4.54. The number of rotatable bonds is 5. The average Bonchev–Trinajstić information content (AvgIpc) is 2.39. The lowest BCUT2D eigenvalue weighted by molar-refractivity contribution is -0.911. The minimum atomic E-state index is -0.440. The van der Waals surface area contributed by atoms with Gasteiger partial charge in [0.2, 0.25) is 0 Å². The van der Waals surface area contributed by atoms with Crippen LogP contribution in [0.25, 0.3) is 0 Å². The van der Waals surface area contributed by atoms with Gasteiger partial charge in [-0.1, -0.05) is 12.1 Å². The molecule has 1 fully saturated rings. The topological polar surface area (TPSA) is 43.1 Å². The summed E-state index contributed by atoms with van der Waals surface area (Å²) in [5, 5.41) is 9.95. The summed E-state index contributed by atoms with van der Waals surface area (Å²) in [4.78, 5) is 1.38. The first-order chi connectivity index (χ1) is 8.75. The highest BCUT2D eigenvalue weighted by molar-refractivity contribution is 9.10. The first-order valence-electron chi connectivity index (χ1n) is 6.22. The minimum Gasteiger partial charge on any atom is -0.489 e. The fraction of sp³-hybridized carbons (Fsp3) is 0.538. The van der Waals surface area contributed by atoms with Crippen molar-refractivity contribution in [2.45, 2.75) is 6.10 Å². The third kappa shape index (κ3) is 4.24. The Kier molecular flexibility index (Phi) is 5.44. The summed E-state index contributed by atoms with van der Waals surface area (Å²) in [5.41, 5.74) is 0. The number of benzene rings is 1. The second-order valence-electron chi connectivity index (χ2n) is 4.46. The molecule has 2 N–H and O–H groups in total. The van der Waals surface area contributed by atoms with Crippen LogP contribution in [0.15, 0.2) is 28.7 Å². The molecule has 0 bridgehead atoms. The van der Waals surface area contributed by atoms with E-state index >= 15 is 0 Å². The van der Waals surface area contributed by atoms with Crippen molar-refractivity contribution in [1.29, 1.82) is 0 Å². The molecule has 1 atom stereocenters. The monoisotopic (exact) mass is 316 g/mol. The maximum absolute atomic E-state index is 9.95. The van der Waals surface area contributed by atoms with Crippen molar-refractivity contribution >= 4 is 15.9 Å². The van der Waals surface area contributed by atoms with Gasteiger partial charge in [-0.15, -0.1) is 0 Å². The number of quaternary nitrogens is 1. The third-order valence-corrected chi connectivity index (χ3v) is 3.65. The van der Waals surface area contributed by atoms with Crippen LogP contribution in [0, 0.1) is 0 Å². The molecule has 2 rings (SSSR count). The number of aliphatic hydroxyl groups is 1. The maximum Gasteiger partial charge on any atom is 0.137 e. The zero-order valence-electron chi connectivity index (χ0n) is 10.3. The summed E-state index contributed by atoms with van der Waals surface area (Å²) < 4.78 is 11.8. The zero-order chi connectivity index (χ0) is 12.8. The molecule has 0 amide bonds. The normalized spacial score (nSPS) is 18.6. The van der Waals surface area contributed by atoms with E-state index in [9.17, 15) is 5.11 Å². The second kappa shape index (κ2) is 7.09. The third-order valence-electron chi connectivity index (χ3n) is 2.99. The number of aliphatic hydroxyl groups excluding tert-OH is 1. The van der Waals surface area contributed by atoms with E-state index in [2.05, 4.69) is 15.9 Å². The molecule has 1 aliphatic heterocycles. The van der Waals surface area contributed by atoms with Crippen LogP contribution in [-0.2, 0) is 4.74 Å². The molecule has 0 radical (unpaired) electrons. The Morgan fingerprint density at radius 1 is 1.33 bits per heavy atom. The van der Waals surface area contributed by atoms with Gasteiger partial charge in [0.1, 0.15) is 38.1 Å². The standard InChI is InChI=1S/C13H18BrNO3/c14-12-3-1-2-4-13(12)18-10-11(16)9-15-5-7-17-8-6-15/h1-4,11,16H,5-10H2/p+1/t11-/m1/s1. The van der Waals surface area contributed by atoms with E-state index in [4.69, 9.17) is 9.47 Å². The number of halogens is 1. The van der Waals surface area contributed by atoms with E-state index in [1.54, 1.807) is 0 Å². The van der Waals surface area contributed by atoms with Crippen LogP contribution in [-0.4, -0.2) is 50.7 Å². The number of ether oxygens (including phenoxy) is 2. The molecule has 1 aromatic rings. The predicted octanol–water partition coefficient (Wildman–Crippen LogP) is 0.104. The van der Waals surface area contributed by atoms with Crippen molar-refractivity contribution in [3.05, 3.63) is 28.7 Å². The highest BCUT2D eigenvalue weighted by Crippen LogP contribution is 2.23. The highest BCUT2D eigenvalue weighted by atomic mass is 79.9. The summed E-state index contributed by atoms with van der Waals surface area (Å²) in [7, 11) is 0. The first-order valence-corrected chi connectivity index (χ1v) is 7.01. The Bertz CT molecular complexity index is 369. The van der Waals surface area contributed by atoms with Gasteiger partial charge < -0.3 is 19.5 Å². The van der Waals surface area contributed by atoms with E-state index in [0.29, 0.717) is 13.2 Å². The quantitative estimate of drug-likeness (QED) is 0.810. The number of para-hydroxylation sites is 1. The van der Waals surface area contributed by atoms with Gasteiger partial charge in [-0.2, -0.15) is 0 Å². The van der Waals surface area contributed by atoms with Gasteiger partial charge in [0.15, 0.2) is 0 Å². The SMILES string of the molecule is O[C@@H](COc1ccccc1Br)C[NH+]1CCOCC1. The van der Waals surface area contributed by atoms with Gasteiger partial charge in [-0.3, -0.25) is 0 Å². The molecule has 0 spiro atoms. The van der Waals surface area contributed by atoms with Crippen molar-refractivity contribution < 1.29 is 19.5 Å². The molecule has 0 aromatic heterocycles. The molecular weight excluding hydrogens is 298 g/mol. The van der Waals surface area contributed by atoms with Crippen molar-refractivity contribution in [3.63, 3.8) is 0 Å². The van der Waals surface area contributed by atoms with E-state index in [1.807, 2.05) is 24.3 Å². The smallest absolute Gasteiger partial charge is 0.137 e. The lowest BCUT2D eigenvalue weighted by Crippen LogP contribution is -3.15. The summed E-state index contributed by atoms with van der Waals surface area (Å²) in [6.07, 6.45) is -0.440. The molecule has 0 unspecified atom stereocenters. The molecule has 18 heavy (non-hydrogen) atoms. The number of hydrogen-bond acceptors (Lipinski definition) is 3. The first kappa shape index (κ1) is 13.8. The van der Waals surface area contributed by atoms with Crippen molar-refractivity contribution in [1.82, 2.24) is 0 Å². The molecule has 1 aliphatic rings. The Labute approximate surface area is 116 Å². The van der Waals surface area contributed by atoms with E-state index in [0.717, 1.165) is 36.5 Å². The molecule has 1 saturated heterocycles. The predicted molar refractivity (Wildman–Crippen MR) is 72.0 cm³/mol. The van der Waals surface area contributed by atoms with E-state index in [-0.39, 0.29) is 0 Å². The van der Waals surface area contributed by atoms with Gasteiger partial charge in [0.25, 0.3) is 0 Å². The fourth-order valence-corrected chi connectivity index (χ4v) is 2.40. The summed E-state index contributed by atoms with van der Waals surface area (Å²) >= 11 is 3.42. The molecule has 0 saturated carbocycles. The number of morpholine rings is 1. The van der Waals surface area contributed by atoms with Gasteiger partial charge in [-0.05, 0) is 28.1 Å². The molecule has 5 heteroatoms. The lowest BCUT2D eigenvalue weighted by atomic mass is 10.3. The zero-order valence-corrected chi connectivity index (χ0v) is 11.9. The van der Waals surface area contributed by atoms with E-state index < -0.39 is 6.10 Å². The van der Waals surface area contributed by atoms with Crippen molar-refractivity contribution in [3.8, 4) is 5.75 Å². The van der Waals surface area contributed by atoms with Gasteiger partial charge in [0, 0.05) is 0 Å². The fourth-order valence-electron chi connectivity index (χ4n) is 2.00. The average molecular weight is 317 g/mol. The van der Waals surface area contributed by atoms with Crippen LogP contribution in [0.2, 0.25) is 0 Å². The van der Waals surface area contributed by atoms with Gasteiger partial charge >= 0.3 is 0 Å². The lowest BCUT2D eigenvalue weighted by Gasteiger charge is -2.25. The molecular formula is C13H19BrNO3+. The van der Waals surface area contributed by atoms with Crippen LogP contribution in [0.1, 0.15) is 0 Å². The van der Waals surface area contributed by atoms with Gasteiger partial charge in [-0.25, -0.2) is 0 Å². The summed E-state index contributed by atoms with van der Waals surface area (Å²) in [5.74, 6) is 0.772. The Morgan fingerprint density at radius 3 is 2.78 bits per heavy atom. The minimum absolute atomic E-state index is 0.326. The Morgan fingerprint density at radius 2 is 2.06 bits per heavy atom. The highest BCUT2D eigenvalue weighted by Gasteiger charge is 2.18. The molecule has 1 aromatic carbocycles. The van der Waals surface area contributed by atoms with Crippen LogP contribution in [0.3, 0.4) is 0 Å². The molecule has 4 nitrogen and oxygen atoms in total. The Balaban J connectivity index is 1.74.